The van der Waals surface area contributed by atoms with Gasteiger partial charge in [-0.3, -0.25) is 4.79 Å². The molecule has 0 aliphatic carbocycles. The molecule has 1 heterocycles. The Morgan fingerprint density at radius 1 is 1.23 bits per heavy atom. The topological polar surface area (TPSA) is 59.6 Å². The molecule has 1 fully saturated rings. The van der Waals surface area contributed by atoms with E-state index < -0.39 is 0 Å². The minimum Gasteiger partial charge on any atom is -0.493 e. The summed E-state index contributed by atoms with van der Waals surface area (Å²) in [5, 5.41) is 6.77. The van der Waals surface area contributed by atoms with Crippen LogP contribution in [0.25, 0.3) is 6.08 Å². The van der Waals surface area contributed by atoms with E-state index in [0.717, 1.165) is 18.4 Å². The van der Waals surface area contributed by atoms with Gasteiger partial charge in [0.1, 0.15) is 0 Å². The highest BCUT2D eigenvalue weighted by Gasteiger charge is 2.37. The van der Waals surface area contributed by atoms with E-state index in [2.05, 4.69) is 38.3 Å². The van der Waals surface area contributed by atoms with E-state index >= 15 is 0 Å². The van der Waals surface area contributed by atoms with Gasteiger partial charge in [0.15, 0.2) is 11.5 Å². The number of benzene rings is 1. The molecular weight excluding hydrogens is 328 g/mol. The maximum atomic E-state index is 12.4. The second-order valence-electron chi connectivity index (χ2n) is 8.18. The van der Waals surface area contributed by atoms with Crippen molar-refractivity contribution in [2.24, 2.45) is 0 Å². The Morgan fingerprint density at radius 3 is 2.46 bits per heavy atom. The molecule has 1 aliphatic heterocycles. The summed E-state index contributed by atoms with van der Waals surface area (Å²) in [7, 11) is 1.61. The van der Waals surface area contributed by atoms with Crippen molar-refractivity contribution in [2.45, 2.75) is 64.6 Å². The average molecular weight is 360 g/mol. The third-order valence-electron chi connectivity index (χ3n) is 4.45. The van der Waals surface area contributed by atoms with Crippen LogP contribution in [0.5, 0.6) is 11.5 Å². The van der Waals surface area contributed by atoms with Gasteiger partial charge in [-0.25, -0.2) is 0 Å². The monoisotopic (exact) mass is 360 g/mol. The van der Waals surface area contributed by atoms with Crippen LogP contribution in [0.4, 0.5) is 0 Å². The summed E-state index contributed by atoms with van der Waals surface area (Å²) >= 11 is 0. The predicted octanol–water partition coefficient (Wildman–Crippen LogP) is 3.53. The molecule has 5 heteroatoms. The minimum atomic E-state index is -0.0728. The van der Waals surface area contributed by atoms with Crippen LogP contribution in [0, 0.1) is 0 Å². The number of rotatable bonds is 6. The molecule has 2 N–H and O–H groups in total. The average Bonchev–Trinajstić information content (AvgIpc) is 2.51. The van der Waals surface area contributed by atoms with Crippen LogP contribution in [0.1, 0.15) is 53.0 Å². The number of hydrogen-bond donors (Lipinski definition) is 2. The summed E-state index contributed by atoms with van der Waals surface area (Å²) in [5.41, 5.74) is 0.907. The lowest BCUT2D eigenvalue weighted by Gasteiger charge is -2.46. The minimum absolute atomic E-state index is 0.00584. The molecule has 1 aromatic rings. The zero-order chi connectivity index (χ0) is 19.4. The van der Waals surface area contributed by atoms with Crippen LogP contribution in [0.15, 0.2) is 24.3 Å². The van der Waals surface area contributed by atoms with Crippen LogP contribution in [0.3, 0.4) is 0 Å². The molecule has 0 spiro atoms. The van der Waals surface area contributed by atoms with Gasteiger partial charge in [-0.1, -0.05) is 6.07 Å². The maximum absolute atomic E-state index is 12.4. The molecule has 1 aliphatic rings. The highest BCUT2D eigenvalue weighted by atomic mass is 16.5. The Bertz CT molecular complexity index is 649. The lowest BCUT2D eigenvalue weighted by molar-refractivity contribution is -0.117. The number of piperidine rings is 1. The molecule has 5 nitrogen and oxygen atoms in total. The Hall–Kier alpha value is -2.01. The first-order valence-corrected chi connectivity index (χ1v) is 9.23. The molecule has 1 amide bonds. The molecule has 0 atom stereocenters. The predicted molar refractivity (Wildman–Crippen MR) is 106 cm³/mol. The quantitative estimate of drug-likeness (QED) is 0.762. The van der Waals surface area contributed by atoms with Gasteiger partial charge in [-0.05, 0) is 71.2 Å². The van der Waals surface area contributed by atoms with Crippen LogP contribution in [-0.4, -0.2) is 36.7 Å². The van der Waals surface area contributed by atoms with Crippen LogP contribution in [-0.2, 0) is 4.79 Å². The third kappa shape index (κ3) is 5.77. The van der Waals surface area contributed by atoms with Crippen molar-refractivity contribution in [3.8, 4) is 11.5 Å². The fraction of sp³-hybridized carbons (Fsp3) is 0.571. The van der Waals surface area contributed by atoms with Crippen molar-refractivity contribution in [2.75, 3.05) is 13.7 Å². The van der Waals surface area contributed by atoms with Gasteiger partial charge in [0.2, 0.25) is 5.91 Å². The summed E-state index contributed by atoms with van der Waals surface area (Å²) in [4.78, 5) is 12.4. The summed E-state index contributed by atoms with van der Waals surface area (Å²) in [6.45, 7) is 11.2. The van der Waals surface area contributed by atoms with Crippen molar-refractivity contribution < 1.29 is 14.3 Å². The number of ether oxygens (including phenoxy) is 2. The second-order valence-corrected chi connectivity index (χ2v) is 8.18. The number of carbonyl (C=O) groups is 1. The van der Waals surface area contributed by atoms with Crippen LogP contribution >= 0.6 is 0 Å². The first-order chi connectivity index (χ1) is 12.1. The largest absolute Gasteiger partial charge is 0.493 e. The van der Waals surface area contributed by atoms with Gasteiger partial charge >= 0.3 is 0 Å². The Morgan fingerprint density at radius 2 is 1.88 bits per heavy atom. The molecule has 0 bridgehead atoms. The van der Waals surface area contributed by atoms with Crippen molar-refractivity contribution in [3.05, 3.63) is 29.8 Å². The summed E-state index contributed by atoms with van der Waals surface area (Å²) < 4.78 is 10.9. The fourth-order valence-corrected chi connectivity index (χ4v) is 3.91. The Balaban J connectivity index is 2.01. The molecular formula is C21H32N2O3. The highest BCUT2D eigenvalue weighted by Crippen LogP contribution is 2.29. The molecule has 1 saturated heterocycles. The zero-order valence-electron chi connectivity index (χ0n) is 16.8. The standard InChI is InChI=1S/C21H32N2O3/c1-7-26-17-10-8-15(12-18(17)25-6)9-11-19(24)22-16-13-20(2,3)23-21(4,5)14-16/h8-12,16,23H,7,13-14H2,1-6H3,(H,22,24)/b11-9+. The first kappa shape index (κ1) is 20.3. The van der Waals surface area contributed by atoms with E-state index in [1.807, 2.05) is 25.1 Å². The summed E-state index contributed by atoms with van der Waals surface area (Å²) in [6.07, 6.45) is 5.20. The van der Waals surface area contributed by atoms with E-state index in [0.29, 0.717) is 18.1 Å². The molecule has 0 radical (unpaired) electrons. The molecule has 2 rings (SSSR count). The summed E-state index contributed by atoms with van der Waals surface area (Å²) in [6, 6.07) is 5.80. The lowest BCUT2D eigenvalue weighted by atomic mass is 9.79. The maximum Gasteiger partial charge on any atom is 0.244 e. The van der Waals surface area contributed by atoms with Gasteiger partial charge in [0, 0.05) is 23.2 Å². The van der Waals surface area contributed by atoms with Gasteiger partial charge < -0.3 is 20.1 Å². The third-order valence-corrected chi connectivity index (χ3v) is 4.45. The molecule has 0 aromatic heterocycles. The van der Waals surface area contributed by atoms with Crippen molar-refractivity contribution in [3.63, 3.8) is 0 Å². The van der Waals surface area contributed by atoms with Gasteiger partial charge in [-0.2, -0.15) is 0 Å². The van der Waals surface area contributed by atoms with Crippen LogP contribution < -0.4 is 20.1 Å². The first-order valence-electron chi connectivity index (χ1n) is 9.23. The lowest BCUT2D eigenvalue weighted by Crippen LogP contribution is -2.62. The van der Waals surface area contributed by atoms with Gasteiger partial charge in [0.05, 0.1) is 13.7 Å². The van der Waals surface area contributed by atoms with Gasteiger partial charge in [-0.15, -0.1) is 0 Å². The van der Waals surface area contributed by atoms with Crippen molar-refractivity contribution in [1.82, 2.24) is 10.6 Å². The number of methoxy groups -OCH3 is 1. The second kappa shape index (κ2) is 8.12. The van der Waals surface area contributed by atoms with E-state index in [4.69, 9.17) is 9.47 Å². The highest BCUT2D eigenvalue weighted by molar-refractivity contribution is 5.92. The van der Waals surface area contributed by atoms with E-state index in [1.165, 1.54) is 0 Å². The molecule has 26 heavy (non-hydrogen) atoms. The van der Waals surface area contributed by atoms with Gasteiger partial charge in [0.25, 0.3) is 0 Å². The fourth-order valence-electron chi connectivity index (χ4n) is 3.91. The van der Waals surface area contributed by atoms with Crippen molar-refractivity contribution >= 4 is 12.0 Å². The number of carbonyl (C=O) groups excluding carboxylic acids is 1. The SMILES string of the molecule is CCOc1ccc(/C=C/C(=O)NC2CC(C)(C)NC(C)(C)C2)cc1OC. The number of hydrogen-bond acceptors (Lipinski definition) is 4. The normalized spacial score (nSPS) is 19.3. The number of nitrogens with one attached hydrogen (secondary N) is 2. The molecule has 1 aromatic carbocycles. The summed E-state index contributed by atoms with van der Waals surface area (Å²) in [5.74, 6) is 1.29. The zero-order valence-corrected chi connectivity index (χ0v) is 16.8. The van der Waals surface area contributed by atoms with E-state index in [9.17, 15) is 4.79 Å². The molecule has 144 valence electrons. The number of amides is 1. The van der Waals surface area contributed by atoms with Crippen LogP contribution in [0.2, 0.25) is 0 Å². The Labute approximate surface area is 157 Å². The molecule has 0 unspecified atom stereocenters. The molecule has 0 saturated carbocycles. The smallest absolute Gasteiger partial charge is 0.244 e. The Kier molecular flexibility index (Phi) is 6.34. The van der Waals surface area contributed by atoms with Crippen molar-refractivity contribution in [1.29, 1.82) is 0 Å². The van der Waals surface area contributed by atoms with E-state index in [1.54, 1.807) is 19.3 Å². The van der Waals surface area contributed by atoms with E-state index in [-0.39, 0.29) is 23.0 Å².